The summed E-state index contributed by atoms with van der Waals surface area (Å²) in [4.78, 5) is 39.0. The van der Waals surface area contributed by atoms with Crippen LogP contribution in [0.4, 0.5) is 5.82 Å². The second-order valence-electron chi connectivity index (χ2n) is 8.57. The Morgan fingerprint density at radius 3 is 2.72 bits per heavy atom. The molecule has 0 radical (unpaired) electrons. The molecule has 2 aromatic heterocycles. The number of fused-ring (bicyclic) bond motifs is 1. The van der Waals surface area contributed by atoms with E-state index >= 15 is 0 Å². The van der Waals surface area contributed by atoms with Crippen molar-refractivity contribution in [3.63, 3.8) is 0 Å². The van der Waals surface area contributed by atoms with Gasteiger partial charge in [-0.05, 0) is 25.3 Å². The van der Waals surface area contributed by atoms with E-state index in [4.69, 9.17) is 9.97 Å². The first-order valence-electron chi connectivity index (χ1n) is 11.0. The Balaban J connectivity index is 1.41. The molecule has 8 nitrogen and oxygen atoms in total. The highest BCUT2D eigenvalue weighted by Gasteiger charge is 2.33. The third-order valence-electron chi connectivity index (χ3n) is 6.33. The van der Waals surface area contributed by atoms with Crippen LogP contribution in [0.15, 0.2) is 42.7 Å². The number of aryl methyl sites for hydroxylation is 2. The van der Waals surface area contributed by atoms with Crippen LogP contribution in [0.1, 0.15) is 51.8 Å². The summed E-state index contributed by atoms with van der Waals surface area (Å²) < 4.78 is 1.63. The number of hydrogen-bond acceptors (Lipinski definition) is 5. The molecule has 1 fully saturated rings. The predicted octanol–water partition coefficient (Wildman–Crippen LogP) is 2.63. The zero-order valence-electron chi connectivity index (χ0n) is 18.4. The van der Waals surface area contributed by atoms with Crippen molar-refractivity contribution in [1.82, 2.24) is 24.6 Å². The van der Waals surface area contributed by atoms with Crippen LogP contribution in [0, 0.1) is 6.92 Å². The smallest absolute Gasteiger partial charge is 0.257 e. The van der Waals surface area contributed by atoms with Gasteiger partial charge < -0.3 is 4.90 Å². The molecule has 0 N–H and O–H groups in total. The van der Waals surface area contributed by atoms with Gasteiger partial charge in [0, 0.05) is 49.9 Å². The van der Waals surface area contributed by atoms with Gasteiger partial charge in [0.1, 0.15) is 11.6 Å². The van der Waals surface area contributed by atoms with E-state index in [1.807, 2.05) is 42.2 Å². The molecule has 1 atom stereocenters. The summed E-state index contributed by atoms with van der Waals surface area (Å²) in [6.45, 7) is 3.72. The number of anilines is 1. The first-order valence-corrected chi connectivity index (χ1v) is 11.0. The van der Waals surface area contributed by atoms with E-state index in [1.165, 1.54) is 0 Å². The van der Waals surface area contributed by atoms with Gasteiger partial charge in [-0.15, -0.1) is 0 Å². The van der Waals surface area contributed by atoms with Gasteiger partial charge >= 0.3 is 0 Å². The van der Waals surface area contributed by atoms with Crippen LogP contribution in [0.5, 0.6) is 0 Å². The van der Waals surface area contributed by atoms with Crippen molar-refractivity contribution in [1.29, 1.82) is 0 Å². The highest BCUT2D eigenvalue weighted by atomic mass is 16.2. The van der Waals surface area contributed by atoms with Crippen LogP contribution in [-0.4, -0.2) is 49.6 Å². The van der Waals surface area contributed by atoms with Crippen LogP contribution < -0.4 is 4.90 Å². The Morgan fingerprint density at radius 2 is 1.97 bits per heavy atom. The lowest BCUT2D eigenvalue weighted by Crippen LogP contribution is -2.36. The lowest BCUT2D eigenvalue weighted by molar-refractivity contribution is -0.119. The van der Waals surface area contributed by atoms with Gasteiger partial charge in [-0.3, -0.25) is 19.2 Å². The zero-order valence-corrected chi connectivity index (χ0v) is 18.4. The molecule has 5 rings (SSSR count). The highest BCUT2D eigenvalue weighted by molar-refractivity contribution is 5.95. The lowest BCUT2D eigenvalue weighted by atomic mass is 10.0. The minimum Gasteiger partial charge on any atom is -0.338 e. The molecule has 4 heterocycles. The quantitative estimate of drug-likeness (QED) is 0.635. The summed E-state index contributed by atoms with van der Waals surface area (Å²) >= 11 is 0. The lowest BCUT2D eigenvalue weighted by Gasteiger charge is -2.30. The molecular formula is C24H26N6O2. The fraction of sp³-hybridized carbons (Fsp3) is 0.375. The molecule has 0 saturated carbocycles. The Bertz CT molecular complexity index is 1170. The summed E-state index contributed by atoms with van der Waals surface area (Å²) in [5.74, 6) is 1.57. The average Bonchev–Trinajstić information content (AvgIpc) is 3.45. The number of amides is 2. The van der Waals surface area contributed by atoms with Gasteiger partial charge in [-0.1, -0.05) is 30.3 Å². The van der Waals surface area contributed by atoms with Crippen molar-refractivity contribution >= 4 is 17.6 Å². The van der Waals surface area contributed by atoms with Gasteiger partial charge in [0.15, 0.2) is 0 Å². The van der Waals surface area contributed by atoms with Crippen molar-refractivity contribution in [2.75, 3.05) is 18.0 Å². The predicted molar refractivity (Wildman–Crippen MR) is 119 cm³/mol. The number of aromatic nitrogens is 4. The molecule has 2 aliphatic heterocycles. The van der Waals surface area contributed by atoms with Crippen molar-refractivity contribution in [2.45, 2.75) is 38.6 Å². The van der Waals surface area contributed by atoms with Crippen LogP contribution in [0.25, 0.3) is 0 Å². The first-order chi connectivity index (χ1) is 15.5. The number of benzene rings is 1. The van der Waals surface area contributed by atoms with E-state index in [2.05, 4.69) is 5.10 Å². The van der Waals surface area contributed by atoms with Crippen molar-refractivity contribution in [2.24, 2.45) is 7.05 Å². The molecule has 0 bridgehead atoms. The Kier molecular flexibility index (Phi) is 5.20. The van der Waals surface area contributed by atoms with Gasteiger partial charge in [0.2, 0.25) is 5.91 Å². The van der Waals surface area contributed by atoms with E-state index in [0.29, 0.717) is 38.0 Å². The van der Waals surface area contributed by atoms with E-state index in [1.54, 1.807) is 29.0 Å². The maximum absolute atomic E-state index is 12.8. The van der Waals surface area contributed by atoms with E-state index < -0.39 is 0 Å². The summed E-state index contributed by atoms with van der Waals surface area (Å²) in [5.41, 5.74) is 3.63. The number of likely N-dealkylation sites (tertiary alicyclic amines) is 1. The second-order valence-corrected chi connectivity index (χ2v) is 8.57. The van der Waals surface area contributed by atoms with Crippen LogP contribution in [0.2, 0.25) is 0 Å². The monoisotopic (exact) mass is 430 g/mol. The van der Waals surface area contributed by atoms with Crippen LogP contribution >= 0.6 is 0 Å². The Morgan fingerprint density at radius 1 is 1.16 bits per heavy atom. The molecule has 2 aliphatic rings. The van der Waals surface area contributed by atoms with E-state index in [0.717, 1.165) is 34.9 Å². The molecular weight excluding hydrogens is 404 g/mol. The molecule has 1 aromatic carbocycles. The van der Waals surface area contributed by atoms with Crippen molar-refractivity contribution in [3.05, 3.63) is 70.9 Å². The largest absolute Gasteiger partial charge is 0.338 e. The number of rotatable bonds is 4. The molecule has 0 spiro atoms. The first kappa shape index (κ1) is 20.4. The minimum absolute atomic E-state index is 0.0174. The molecule has 3 aromatic rings. The topological polar surface area (TPSA) is 84.2 Å². The zero-order chi connectivity index (χ0) is 22.2. The maximum Gasteiger partial charge on any atom is 0.257 e. The van der Waals surface area contributed by atoms with E-state index in [9.17, 15) is 9.59 Å². The van der Waals surface area contributed by atoms with Gasteiger partial charge in [0.05, 0.1) is 18.3 Å². The van der Waals surface area contributed by atoms with Gasteiger partial charge in [-0.2, -0.15) is 5.10 Å². The molecule has 8 heteroatoms. The molecule has 0 aliphatic carbocycles. The fourth-order valence-corrected chi connectivity index (χ4v) is 4.58. The molecule has 164 valence electrons. The van der Waals surface area contributed by atoms with Crippen LogP contribution in [0.3, 0.4) is 0 Å². The van der Waals surface area contributed by atoms with E-state index in [-0.39, 0.29) is 17.7 Å². The molecule has 1 saturated heterocycles. The molecule has 2 amide bonds. The van der Waals surface area contributed by atoms with Gasteiger partial charge in [-0.25, -0.2) is 9.97 Å². The Hall–Kier alpha value is -3.55. The highest BCUT2D eigenvalue weighted by Crippen LogP contribution is 2.33. The summed E-state index contributed by atoms with van der Waals surface area (Å²) in [5, 5.41) is 4.10. The number of carbonyl (C=O) groups excluding carboxylic acids is 2. The Labute approximate surface area is 186 Å². The average molecular weight is 431 g/mol. The molecule has 1 unspecified atom stereocenters. The number of nitrogens with zero attached hydrogens (tertiary/aromatic N) is 6. The maximum atomic E-state index is 12.8. The standard InChI is InChI=1S/C24H26N6O2/c1-16-20-8-9-21(31)30(13-17-6-4-3-5-7-17)23(20)27-22(26-16)18-10-11-29(15-18)24(32)19-12-25-28(2)14-19/h3-7,12,14,18H,8-11,13,15H2,1-2H3. The van der Waals surface area contributed by atoms with Crippen LogP contribution in [-0.2, 0) is 24.8 Å². The molecule has 32 heavy (non-hydrogen) atoms. The van der Waals surface area contributed by atoms with Crippen molar-refractivity contribution in [3.8, 4) is 0 Å². The fourth-order valence-electron chi connectivity index (χ4n) is 4.58. The third-order valence-corrected chi connectivity index (χ3v) is 6.33. The van der Waals surface area contributed by atoms with Crippen molar-refractivity contribution < 1.29 is 9.59 Å². The summed E-state index contributed by atoms with van der Waals surface area (Å²) in [6, 6.07) is 9.98. The summed E-state index contributed by atoms with van der Waals surface area (Å²) in [6.07, 6.45) is 5.28. The third kappa shape index (κ3) is 3.77. The summed E-state index contributed by atoms with van der Waals surface area (Å²) in [7, 11) is 1.80. The number of carbonyl (C=O) groups is 2. The minimum atomic E-state index is -0.0174. The second kappa shape index (κ2) is 8.18. The SMILES string of the molecule is Cc1nc(C2CCN(C(=O)c3cnn(C)c3)C2)nc2c1CCC(=O)N2Cc1ccccc1. The van der Waals surface area contributed by atoms with Gasteiger partial charge in [0.25, 0.3) is 5.91 Å². The normalized spacial score (nSPS) is 18.2. The number of hydrogen-bond donors (Lipinski definition) is 0.